The monoisotopic (exact) mass is 289 g/mol. The molecule has 1 aromatic carbocycles. The molecule has 0 bridgehead atoms. The molecular formula is C16H19NO4. The van der Waals surface area contributed by atoms with E-state index in [2.05, 4.69) is 12.2 Å². The fraction of sp³-hybridized carbons (Fsp3) is 0.375. The van der Waals surface area contributed by atoms with E-state index in [1.165, 1.54) is 0 Å². The molecule has 1 unspecified atom stereocenters. The van der Waals surface area contributed by atoms with Gasteiger partial charge in [-0.1, -0.05) is 20.3 Å². The zero-order chi connectivity index (χ0) is 15.4. The van der Waals surface area contributed by atoms with Gasteiger partial charge in [0.15, 0.2) is 5.76 Å². The van der Waals surface area contributed by atoms with Crippen LogP contribution < -0.4 is 15.7 Å². The van der Waals surface area contributed by atoms with Crippen molar-refractivity contribution in [3.05, 3.63) is 40.4 Å². The predicted octanol–water partition coefficient (Wildman–Crippen LogP) is 2.58. The minimum Gasteiger partial charge on any atom is -0.497 e. The van der Waals surface area contributed by atoms with Gasteiger partial charge in [-0.15, -0.1) is 0 Å². The highest BCUT2D eigenvalue weighted by atomic mass is 16.5. The first-order chi connectivity index (χ1) is 10.0. The lowest BCUT2D eigenvalue weighted by molar-refractivity contribution is 0.0916. The maximum Gasteiger partial charge on any atom is 0.344 e. The van der Waals surface area contributed by atoms with E-state index in [1.807, 2.05) is 6.92 Å². The number of hydrogen-bond donors (Lipinski definition) is 1. The maximum absolute atomic E-state index is 12.0. The van der Waals surface area contributed by atoms with Gasteiger partial charge in [0.05, 0.1) is 12.5 Å². The molecule has 0 saturated heterocycles. The molecule has 1 atom stereocenters. The van der Waals surface area contributed by atoms with Crippen LogP contribution in [-0.4, -0.2) is 19.6 Å². The van der Waals surface area contributed by atoms with Crippen LogP contribution >= 0.6 is 0 Å². The van der Waals surface area contributed by atoms with Crippen molar-refractivity contribution < 1.29 is 13.9 Å². The Hall–Kier alpha value is -2.30. The van der Waals surface area contributed by atoms with E-state index < -0.39 is 5.63 Å². The van der Waals surface area contributed by atoms with E-state index in [4.69, 9.17) is 9.15 Å². The molecule has 1 heterocycles. The van der Waals surface area contributed by atoms with E-state index in [-0.39, 0.29) is 11.7 Å². The van der Waals surface area contributed by atoms with Gasteiger partial charge in [-0.3, -0.25) is 4.79 Å². The van der Waals surface area contributed by atoms with Gasteiger partial charge in [0.1, 0.15) is 5.75 Å². The van der Waals surface area contributed by atoms with E-state index in [0.29, 0.717) is 29.0 Å². The molecule has 0 radical (unpaired) electrons. The van der Waals surface area contributed by atoms with E-state index in [1.54, 1.807) is 31.4 Å². The first-order valence-electron chi connectivity index (χ1n) is 6.95. The molecule has 0 spiro atoms. The molecule has 2 aromatic rings. The van der Waals surface area contributed by atoms with Gasteiger partial charge in [0, 0.05) is 6.54 Å². The van der Waals surface area contributed by atoms with Gasteiger partial charge in [-0.2, -0.15) is 0 Å². The number of carbonyl (C=O) groups excluding carboxylic acids is 1. The lowest BCUT2D eigenvalue weighted by Gasteiger charge is -2.09. The highest BCUT2D eigenvalue weighted by Gasteiger charge is 2.13. The Kier molecular flexibility index (Phi) is 4.62. The summed E-state index contributed by atoms with van der Waals surface area (Å²) in [6, 6.07) is 6.58. The summed E-state index contributed by atoms with van der Waals surface area (Å²) in [7, 11) is 1.55. The van der Waals surface area contributed by atoms with Crippen LogP contribution in [0.3, 0.4) is 0 Å². The third-order valence-electron chi connectivity index (χ3n) is 3.50. The summed E-state index contributed by atoms with van der Waals surface area (Å²) in [6.07, 6.45) is 0.971. The number of benzene rings is 1. The zero-order valence-corrected chi connectivity index (χ0v) is 12.4. The zero-order valence-electron chi connectivity index (χ0n) is 12.4. The van der Waals surface area contributed by atoms with Gasteiger partial charge in [-0.05, 0) is 35.6 Å². The molecule has 0 aliphatic rings. The average Bonchev–Trinajstić information content (AvgIpc) is 2.51. The summed E-state index contributed by atoms with van der Waals surface area (Å²) in [6.45, 7) is 4.65. The number of ether oxygens (including phenoxy) is 1. The molecule has 0 aliphatic carbocycles. The molecule has 0 aliphatic heterocycles. The fourth-order valence-corrected chi connectivity index (χ4v) is 1.91. The third kappa shape index (κ3) is 3.42. The highest BCUT2D eigenvalue weighted by Crippen LogP contribution is 2.19. The van der Waals surface area contributed by atoms with Gasteiger partial charge < -0.3 is 14.5 Å². The van der Waals surface area contributed by atoms with Crippen LogP contribution in [0.2, 0.25) is 0 Å². The largest absolute Gasteiger partial charge is 0.497 e. The van der Waals surface area contributed by atoms with Crippen LogP contribution in [0.1, 0.15) is 30.8 Å². The minimum absolute atomic E-state index is 0.0176. The summed E-state index contributed by atoms with van der Waals surface area (Å²) in [5, 5.41) is 3.82. The van der Waals surface area contributed by atoms with Crippen LogP contribution in [-0.2, 0) is 0 Å². The lowest BCUT2D eigenvalue weighted by atomic mass is 10.1. The molecule has 1 amide bonds. The van der Waals surface area contributed by atoms with Crippen LogP contribution in [0.5, 0.6) is 5.75 Å². The Bertz CT molecular complexity index is 705. The SMILES string of the molecule is CCC(C)CNC(=O)c1cc2cc(OC)ccc2c(=O)o1. The lowest BCUT2D eigenvalue weighted by Crippen LogP contribution is -2.28. The quantitative estimate of drug-likeness (QED) is 0.918. The normalized spacial score (nSPS) is 12.1. The number of carbonyl (C=O) groups is 1. The molecule has 1 aromatic heterocycles. The van der Waals surface area contributed by atoms with Crippen molar-refractivity contribution in [2.45, 2.75) is 20.3 Å². The van der Waals surface area contributed by atoms with Crippen LogP contribution in [0.15, 0.2) is 33.5 Å². The second-order valence-corrected chi connectivity index (χ2v) is 5.07. The summed E-state index contributed by atoms with van der Waals surface area (Å²) in [4.78, 5) is 24.0. The summed E-state index contributed by atoms with van der Waals surface area (Å²) < 4.78 is 10.2. The van der Waals surface area contributed by atoms with Gasteiger partial charge >= 0.3 is 5.63 Å². The second-order valence-electron chi connectivity index (χ2n) is 5.07. The molecule has 5 heteroatoms. The van der Waals surface area contributed by atoms with Crippen molar-refractivity contribution in [3.8, 4) is 5.75 Å². The second kappa shape index (κ2) is 6.43. The molecule has 5 nitrogen and oxygen atoms in total. The minimum atomic E-state index is -0.524. The van der Waals surface area contributed by atoms with Crippen molar-refractivity contribution in [2.24, 2.45) is 5.92 Å². The Morgan fingerprint density at radius 2 is 2.14 bits per heavy atom. The summed E-state index contributed by atoms with van der Waals surface area (Å²) >= 11 is 0. The van der Waals surface area contributed by atoms with Crippen LogP contribution in [0.25, 0.3) is 10.8 Å². The molecule has 0 saturated carbocycles. The molecule has 0 fully saturated rings. The molecular weight excluding hydrogens is 270 g/mol. The Morgan fingerprint density at radius 1 is 1.38 bits per heavy atom. The molecule has 112 valence electrons. The third-order valence-corrected chi connectivity index (χ3v) is 3.50. The van der Waals surface area contributed by atoms with Crippen molar-refractivity contribution in [2.75, 3.05) is 13.7 Å². The molecule has 2 rings (SSSR count). The standard InChI is InChI=1S/C16H19NO4/c1-4-10(2)9-17-15(18)14-8-11-7-12(20-3)5-6-13(11)16(19)21-14/h5-8,10H,4,9H2,1-3H3,(H,17,18). The number of fused-ring (bicyclic) bond motifs is 1. The van der Waals surface area contributed by atoms with Crippen LogP contribution in [0.4, 0.5) is 0 Å². The average molecular weight is 289 g/mol. The number of methoxy groups -OCH3 is 1. The predicted molar refractivity (Wildman–Crippen MR) is 80.8 cm³/mol. The number of nitrogens with one attached hydrogen (secondary N) is 1. The maximum atomic E-state index is 12.0. The van der Waals surface area contributed by atoms with Crippen molar-refractivity contribution in [3.63, 3.8) is 0 Å². The van der Waals surface area contributed by atoms with E-state index in [0.717, 1.165) is 6.42 Å². The number of amides is 1. The van der Waals surface area contributed by atoms with E-state index in [9.17, 15) is 9.59 Å². The van der Waals surface area contributed by atoms with E-state index >= 15 is 0 Å². The topological polar surface area (TPSA) is 68.5 Å². The van der Waals surface area contributed by atoms with Crippen molar-refractivity contribution in [1.29, 1.82) is 0 Å². The Labute approximate surface area is 122 Å². The smallest absolute Gasteiger partial charge is 0.344 e. The van der Waals surface area contributed by atoms with Crippen molar-refractivity contribution in [1.82, 2.24) is 5.32 Å². The first kappa shape index (κ1) is 15.1. The van der Waals surface area contributed by atoms with Gasteiger partial charge in [0.25, 0.3) is 5.91 Å². The highest BCUT2D eigenvalue weighted by molar-refractivity contribution is 5.95. The first-order valence-corrected chi connectivity index (χ1v) is 6.95. The summed E-state index contributed by atoms with van der Waals surface area (Å²) in [5.74, 6) is 0.640. The number of rotatable bonds is 5. The van der Waals surface area contributed by atoms with Gasteiger partial charge in [-0.25, -0.2) is 4.79 Å². The van der Waals surface area contributed by atoms with Crippen molar-refractivity contribution >= 4 is 16.7 Å². The number of hydrogen-bond acceptors (Lipinski definition) is 4. The van der Waals surface area contributed by atoms with Crippen LogP contribution in [0, 0.1) is 5.92 Å². The molecule has 1 N–H and O–H groups in total. The summed E-state index contributed by atoms with van der Waals surface area (Å²) in [5.41, 5.74) is -0.524. The fourth-order valence-electron chi connectivity index (χ4n) is 1.91. The Morgan fingerprint density at radius 3 is 2.81 bits per heavy atom. The van der Waals surface area contributed by atoms with Gasteiger partial charge in [0.2, 0.25) is 0 Å². The Balaban J connectivity index is 2.32. The molecule has 21 heavy (non-hydrogen) atoms.